The van der Waals surface area contributed by atoms with E-state index in [-0.39, 0.29) is 0 Å². The van der Waals surface area contributed by atoms with Crippen molar-refractivity contribution in [2.24, 2.45) is 5.92 Å². The van der Waals surface area contributed by atoms with Crippen molar-refractivity contribution in [3.05, 3.63) is 12.2 Å². The molecule has 66 valence electrons. The van der Waals surface area contributed by atoms with Gasteiger partial charge in [-0.2, -0.15) is 0 Å². The fourth-order valence-corrected chi connectivity index (χ4v) is 0.572. The molecule has 11 heavy (non-hydrogen) atoms. The molecule has 0 spiro atoms. The van der Waals surface area contributed by atoms with Crippen LogP contribution in [0.2, 0.25) is 0 Å². The Kier molecular flexibility index (Phi) is 5.11. The minimum absolute atomic E-state index is 0.343. The summed E-state index contributed by atoms with van der Waals surface area (Å²) in [4.78, 5) is 0. The number of aliphatic hydroxyl groups excluding tert-OH is 3. The van der Waals surface area contributed by atoms with Crippen LogP contribution in [0.3, 0.4) is 0 Å². The zero-order valence-corrected chi connectivity index (χ0v) is 6.94. The largest absolute Gasteiger partial charge is 0.394 e. The second-order valence-electron chi connectivity index (χ2n) is 2.87. The summed E-state index contributed by atoms with van der Waals surface area (Å²) in [5.41, 5.74) is 0. The molecule has 3 N–H and O–H groups in total. The Bertz CT molecular complexity index is 121. The van der Waals surface area contributed by atoms with Crippen LogP contribution >= 0.6 is 0 Å². The van der Waals surface area contributed by atoms with Crippen molar-refractivity contribution in [3.63, 3.8) is 0 Å². The molecular formula is C8H16O3. The molecule has 0 unspecified atom stereocenters. The van der Waals surface area contributed by atoms with Crippen molar-refractivity contribution < 1.29 is 15.3 Å². The van der Waals surface area contributed by atoms with Gasteiger partial charge in [-0.15, -0.1) is 0 Å². The number of hydrogen-bond donors (Lipinski definition) is 3. The van der Waals surface area contributed by atoms with E-state index in [4.69, 9.17) is 15.3 Å². The van der Waals surface area contributed by atoms with Crippen molar-refractivity contribution in [2.75, 3.05) is 6.61 Å². The molecule has 0 aromatic carbocycles. The van der Waals surface area contributed by atoms with E-state index in [1.54, 1.807) is 6.08 Å². The summed E-state index contributed by atoms with van der Waals surface area (Å²) in [6.07, 6.45) is 1.25. The molecule has 0 rings (SSSR count). The van der Waals surface area contributed by atoms with Gasteiger partial charge in [0.15, 0.2) is 0 Å². The van der Waals surface area contributed by atoms with Crippen molar-refractivity contribution in [1.29, 1.82) is 0 Å². The van der Waals surface area contributed by atoms with Gasteiger partial charge in [0.1, 0.15) is 12.2 Å². The Hall–Kier alpha value is -0.380. The molecule has 0 bridgehead atoms. The normalized spacial score (nSPS) is 17.6. The molecule has 0 saturated heterocycles. The zero-order chi connectivity index (χ0) is 8.85. The summed E-state index contributed by atoms with van der Waals surface area (Å²) in [6.45, 7) is 3.52. The van der Waals surface area contributed by atoms with Crippen molar-refractivity contribution in [2.45, 2.75) is 26.1 Å². The third-order valence-corrected chi connectivity index (χ3v) is 1.27. The Morgan fingerprint density at radius 2 is 1.73 bits per heavy atom. The van der Waals surface area contributed by atoms with Crippen molar-refractivity contribution >= 4 is 0 Å². The van der Waals surface area contributed by atoms with E-state index in [2.05, 4.69) is 0 Å². The van der Waals surface area contributed by atoms with Gasteiger partial charge in [-0.1, -0.05) is 26.0 Å². The third kappa shape index (κ3) is 4.95. The van der Waals surface area contributed by atoms with Crippen molar-refractivity contribution in [1.82, 2.24) is 0 Å². The van der Waals surface area contributed by atoms with E-state index in [1.807, 2.05) is 13.8 Å². The molecule has 0 fully saturated rings. The van der Waals surface area contributed by atoms with Crippen LogP contribution in [-0.4, -0.2) is 34.1 Å². The Balaban J connectivity index is 3.75. The Labute approximate surface area is 67.0 Å². The van der Waals surface area contributed by atoms with Gasteiger partial charge in [-0.05, 0) is 5.92 Å². The van der Waals surface area contributed by atoms with Gasteiger partial charge in [0.2, 0.25) is 0 Å². The molecule has 3 heteroatoms. The Morgan fingerprint density at radius 1 is 1.18 bits per heavy atom. The van der Waals surface area contributed by atoms with Crippen molar-refractivity contribution in [3.8, 4) is 0 Å². The van der Waals surface area contributed by atoms with Crippen LogP contribution in [0.25, 0.3) is 0 Å². The highest BCUT2D eigenvalue weighted by molar-refractivity contribution is 4.93. The number of hydrogen-bond acceptors (Lipinski definition) is 3. The fourth-order valence-electron chi connectivity index (χ4n) is 0.572. The summed E-state index contributed by atoms with van der Waals surface area (Å²) in [5, 5.41) is 26.4. The molecular weight excluding hydrogens is 144 g/mol. The summed E-state index contributed by atoms with van der Waals surface area (Å²) in [7, 11) is 0. The fraction of sp³-hybridized carbons (Fsp3) is 0.750. The lowest BCUT2D eigenvalue weighted by Gasteiger charge is -2.10. The lowest BCUT2D eigenvalue weighted by atomic mass is 10.1. The lowest BCUT2D eigenvalue weighted by molar-refractivity contribution is 0.00929. The topological polar surface area (TPSA) is 60.7 Å². The van der Waals surface area contributed by atoms with E-state index in [0.717, 1.165) is 0 Å². The molecule has 2 atom stereocenters. The second-order valence-corrected chi connectivity index (χ2v) is 2.87. The van der Waals surface area contributed by atoms with Crippen LogP contribution in [0.5, 0.6) is 0 Å². The first-order chi connectivity index (χ1) is 5.07. The minimum atomic E-state index is -1.06. The molecule has 0 aromatic heterocycles. The molecule has 0 aliphatic heterocycles. The van der Waals surface area contributed by atoms with Crippen LogP contribution in [0.1, 0.15) is 13.8 Å². The lowest BCUT2D eigenvalue weighted by Crippen LogP contribution is -2.27. The van der Waals surface area contributed by atoms with E-state index in [9.17, 15) is 0 Å². The molecule has 0 aromatic rings. The first-order valence-corrected chi connectivity index (χ1v) is 3.73. The summed E-state index contributed by atoms with van der Waals surface area (Å²) in [6, 6.07) is 0. The third-order valence-electron chi connectivity index (χ3n) is 1.27. The van der Waals surface area contributed by atoms with Crippen LogP contribution in [-0.2, 0) is 0 Å². The van der Waals surface area contributed by atoms with Gasteiger partial charge in [0.25, 0.3) is 0 Å². The van der Waals surface area contributed by atoms with Gasteiger partial charge < -0.3 is 15.3 Å². The SMILES string of the molecule is CC(C)/C=C/[C@@H](O)[C@@H](O)CO. The smallest absolute Gasteiger partial charge is 0.106 e. The van der Waals surface area contributed by atoms with E-state index < -0.39 is 18.8 Å². The summed E-state index contributed by atoms with van der Waals surface area (Å²) >= 11 is 0. The van der Waals surface area contributed by atoms with Gasteiger partial charge >= 0.3 is 0 Å². The average molecular weight is 160 g/mol. The van der Waals surface area contributed by atoms with Crippen LogP contribution in [0, 0.1) is 5.92 Å². The van der Waals surface area contributed by atoms with Crippen LogP contribution in [0.4, 0.5) is 0 Å². The number of allylic oxidation sites excluding steroid dienone is 1. The maximum atomic E-state index is 9.07. The predicted molar refractivity (Wildman–Crippen MR) is 43.1 cm³/mol. The standard InChI is InChI=1S/C8H16O3/c1-6(2)3-4-7(10)8(11)5-9/h3-4,6-11H,5H2,1-2H3/b4-3+/t7-,8+/m1/s1. The number of rotatable bonds is 4. The number of aliphatic hydroxyl groups is 3. The average Bonchev–Trinajstić information content (AvgIpc) is 1.98. The first-order valence-electron chi connectivity index (χ1n) is 3.73. The highest BCUT2D eigenvalue weighted by atomic mass is 16.4. The second kappa shape index (κ2) is 5.29. The highest BCUT2D eigenvalue weighted by Gasteiger charge is 2.10. The maximum absolute atomic E-state index is 9.07. The molecule has 0 saturated carbocycles. The van der Waals surface area contributed by atoms with Gasteiger partial charge in [-0.3, -0.25) is 0 Å². The zero-order valence-electron chi connectivity index (χ0n) is 6.94. The molecule has 0 aliphatic carbocycles. The van der Waals surface area contributed by atoms with Crippen LogP contribution < -0.4 is 0 Å². The monoisotopic (exact) mass is 160 g/mol. The quantitative estimate of drug-likeness (QED) is 0.504. The summed E-state index contributed by atoms with van der Waals surface area (Å²) < 4.78 is 0. The molecule has 0 aliphatic rings. The maximum Gasteiger partial charge on any atom is 0.106 e. The first kappa shape index (κ1) is 10.6. The van der Waals surface area contributed by atoms with Gasteiger partial charge in [0, 0.05) is 0 Å². The van der Waals surface area contributed by atoms with Gasteiger partial charge in [-0.25, -0.2) is 0 Å². The van der Waals surface area contributed by atoms with E-state index in [1.165, 1.54) is 6.08 Å². The van der Waals surface area contributed by atoms with E-state index in [0.29, 0.717) is 5.92 Å². The van der Waals surface area contributed by atoms with Gasteiger partial charge in [0.05, 0.1) is 6.61 Å². The predicted octanol–water partition coefficient (Wildman–Crippen LogP) is -0.0873. The minimum Gasteiger partial charge on any atom is -0.394 e. The molecule has 3 nitrogen and oxygen atoms in total. The van der Waals surface area contributed by atoms with E-state index >= 15 is 0 Å². The molecule has 0 amide bonds. The highest BCUT2D eigenvalue weighted by Crippen LogP contribution is 1.99. The van der Waals surface area contributed by atoms with Crippen LogP contribution in [0.15, 0.2) is 12.2 Å². The molecule has 0 radical (unpaired) electrons. The Morgan fingerprint density at radius 3 is 2.09 bits per heavy atom. The summed E-state index contributed by atoms with van der Waals surface area (Å²) in [5.74, 6) is 0.343. The molecule has 0 heterocycles.